The highest BCUT2D eigenvalue weighted by Crippen LogP contribution is 2.17. The smallest absolute Gasteiger partial charge is 0.323 e. The molecule has 0 saturated carbocycles. The van der Waals surface area contributed by atoms with E-state index in [-0.39, 0.29) is 18.4 Å². The number of carboxylic acid groups (broad SMARTS) is 1. The first-order valence-electron chi connectivity index (χ1n) is 6.33. The Kier molecular flexibility index (Phi) is 5.09. The summed E-state index contributed by atoms with van der Waals surface area (Å²) in [5, 5.41) is 12.7. The lowest BCUT2D eigenvalue weighted by molar-refractivity contribution is -0.137. The molecule has 0 bridgehead atoms. The van der Waals surface area contributed by atoms with Crippen molar-refractivity contribution in [3.63, 3.8) is 0 Å². The predicted octanol–water partition coefficient (Wildman–Crippen LogP) is 1.73. The molecule has 1 amide bonds. The summed E-state index contributed by atoms with van der Waals surface area (Å²) in [5.41, 5.74) is 0.964. The summed E-state index contributed by atoms with van der Waals surface area (Å²) >= 11 is 0. The first-order chi connectivity index (χ1) is 8.86. The molecule has 1 aromatic heterocycles. The van der Waals surface area contributed by atoms with Crippen molar-refractivity contribution in [1.29, 1.82) is 0 Å². The molecule has 0 aromatic carbocycles. The highest BCUT2D eigenvalue weighted by atomic mass is 16.5. The Bertz CT molecular complexity index is 465. The topological polar surface area (TPSA) is 83.6 Å². The lowest BCUT2D eigenvalue weighted by atomic mass is 10.1. The largest absolute Gasteiger partial charge is 0.480 e. The molecule has 6 nitrogen and oxygen atoms in total. The van der Waals surface area contributed by atoms with Crippen molar-refractivity contribution in [2.75, 3.05) is 13.1 Å². The summed E-state index contributed by atoms with van der Waals surface area (Å²) in [6.45, 7) is 7.47. The molecule has 19 heavy (non-hydrogen) atoms. The van der Waals surface area contributed by atoms with E-state index in [9.17, 15) is 9.59 Å². The van der Waals surface area contributed by atoms with E-state index in [1.165, 1.54) is 4.90 Å². The van der Waals surface area contributed by atoms with Gasteiger partial charge in [-0.3, -0.25) is 9.59 Å². The Morgan fingerprint density at radius 3 is 2.53 bits per heavy atom. The van der Waals surface area contributed by atoms with Gasteiger partial charge in [0.05, 0.1) is 5.69 Å². The summed E-state index contributed by atoms with van der Waals surface area (Å²) in [6, 6.07) is 0. The second-order valence-electron chi connectivity index (χ2n) is 4.89. The van der Waals surface area contributed by atoms with Gasteiger partial charge in [-0.25, -0.2) is 0 Å². The maximum Gasteiger partial charge on any atom is 0.323 e. The average Bonchev–Trinajstić information content (AvgIpc) is 2.67. The van der Waals surface area contributed by atoms with Crippen LogP contribution in [0.25, 0.3) is 0 Å². The Hall–Kier alpha value is -1.85. The van der Waals surface area contributed by atoms with E-state index in [1.54, 1.807) is 6.92 Å². The first-order valence-corrected chi connectivity index (χ1v) is 6.33. The number of hydrogen-bond donors (Lipinski definition) is 1. The second kappa shape index (κ2) is 6.36. The van der Waals surface area contributed by atoms with Gasteiger partial charge in [0.1, 0.15) is 17.9 Å². The molecule has 0 radical (unpaired) electrons. The molecule has 6 heteroatoms. The standard InChI is InChI=1S/C13H20N2O4/c1-5-10-12(9(4)19-14-10)13(18)15(6-8(2)3)7-11(16)17/h8H,5-7H2,1-4H3,(H,16,17). The zero-order valence-electron chi connectivity index (χ0n) is 11.8. The number of aryl methyl sites for hydroxylation is 2. The molecule has 0 aliphatic rings. The molecule has 0 fully saturated rings. The normalized spacial score (nSPS) is 10.8. The Balaban J connectivity index is 3.03. The van der Waals surface area contributed by atoms with Gasteiger partial charge in [-0.1, -0.05) is 25.9 Å². The van der Waals surface area contributed by atoms with Gasteiger partial charge in [0, 0.05) is 6.54 Å². The Morgan fingerprint density at radius 1 is 1.42 bits per heavy atom. The van der Waals surface area contributed by atoms with Gasteiger partial charge >= 0.3 is 5.97 Å². The summed E-state index contributed by atoms with van der Waals surface area (Å²) < 4.78 is 5.02. The molecule has 1 N–H and O–H groups in total. The first kappa shape index (κ1) is 15.2. The summed E-state index contributed by atoms with van der Waals surface area (Å²) in [5.74, 6) is -0.734. The van der Waals surface area contributed by atoms with E-state index in [0.717, 1.165) is 0 Å². The molecule has 0 saturated heterocycles. The van der Waals surface area contributed by atoms with Crippen molar-refractivity contribution in [3.8, 4) is 0 Å². The van der Waals surface area contributed by atoms with Crippen LogP contribution in [0.15, 0.2) is 4.52 Å². The van der Waals surface area contributed by atoms with E-state index >= 15 is 0 Å². The van der Waals surface area contributed by atoms with E-state index in [1.807, 2.05) is 20.8 Å². The molecule has 0 aliphatic heterocycles. The van der Waals surface area contributed by atoms with Crippen molar-refractivity contribution in [3.05, 3.63) is 17.0 Å². The fraction of sp³-hybridized carbons (Fsp3) is 0.615. The molecule has 1 rings (SSSR count). The zero-order chi connectivity index (χ0) is 14.6. The van der Waals surface area contributed by atoms with Crippen LogP contribution in [-0.4, -0.2) is 40.1 Å². The van der Waals surface area contributed by atoms with Crippen LogP contribution in [0.2, 0.25) is 0 Å². The molecular weight excluding hydrogens is 248 g/mol. The molecule has 0 atom stereocenters. The number of hydrogen-bond acceptors (Lipinski definition) is 4. The van der Waals surface area contributed by atoms with Crippen LogP contribution >= 0.6 is 0 Å². The molecule has 1 aromatic rings. The number of amides is 1. The zero-order valence-corrected chi connectivity index (χ0v) is 11.8. The monoisotopic (exact) mass is 268 g/mol. The van der Waals surface area contributed by atoms with Crippen molar-refractivity contribution < 1.29 is 19.2 Å². The SMILES string of the molecule is CCc1noc(C)c1C(=O)N(CC(=O)O)CC(C)C. The van der Waals surface area contributed by atoms with Gasteiger partial charge in [-0.05, 0) is 19.3 Å². The third kappa shape index (κ3) is 3.81. The second-order valence-corrected chi connectivity index (χ2v) is 4.89. The van der Waals surface area contributed by atoms with Gasteiger partial charge in [-0.2, -0.15) is 0 Å². The van der Waals surface area contributed by atoms with Gasteiger partial charge in [-0.15, -0.1) is 0 Å². The van der Waals surface area contributed by atoms with Crippen LogP contribution in [0.4, 0.5) is 0 Å². The molecule has 1 heterocycles. The number of carbonyl (C=O) groups is 2. The molecular formula is C13H20N2O4. The van der Waals surface area contributed by atoms with Crippen LogP contribution in [0, 0.1) is 12.8 Å². The number of carboxylic acids is 1. The summed E-state index contributed by atoms with van der Waals surface area (Å²) in [6.07, 6.45) is 0.570. The van der Waals surface area contributed by atoms with Crippen LogP contribution in [0.3, 0.4) is 0 Å². The summed E-state index contributed by atoms with van der Waals surface area (Å²) in [4.78, 5) is 24.6. The summed E-state index contributed by atoms with van der Waals surface area (Å²) in [7, 11) is 0. The average molecular weight is 268 g/mol. The fourth-order valence-corrected chi connectivity index (χ4v) is 1.91. The number of nitrogens with zero attached hydrogens (tertiary/aromatic N) is 2. The fourth-order valence-electron chi connectivity index (χ4n) is 1.91. The number of aliphatic carboxylic acids is 1. The van der Waals surface area contributed by atoms with E-state index in [2.05, 4.69) is 5.16 Å². The highest BCUT2D eigenvalue weighted by molar-refractivity contribution is 5.97. The van der Waals surface area contributed by atoms with Crippen LogP contribution in [-0.2, 0) is 11.2 Å². The minimum atomic E-state index is -1.03. The van der Waals surface area contributed by atoms with Gasteiger partial charge in [0.15, 0.2) is 0 Å². The highest BCUT2D eigenvalue weighted by Gasteiger charge is 2.26. The van der Waals surface area contributed by atoms with Gasteiger partial charge in [0.2, 0.25) is 0 Å². The Morgan fingerprint density at radius 2 is 2.05 bits per heavy atom. The van der Waals surface area contributed by atoms with Crippen molar-refractivity contribution in [2.45, 2.75) is 34.1 Å². The molecule has 106 valence electrons. The van der Waals surface area contributed by atoms with Gasteiger partial charge in [0.25, 0.3) is 5.91 Å². The third-order valence-electron chi connectivity index (χ3n) is 2.68. The van der Waals surface area contributed by atoms with Crippen LogP contribution in [0.1, 0.15) is 42.6 Å². The quantitative estimate of drug-likeness (QED) is 0.849. The minimum Gasteiger partial charge on any atom is -0.480 e. The Labute approximate surface area is 112 Å². The predicted molar refractivity (Wildman–Crippen MR) is 69.0 cm³/mol. The van der Waals surface area contributed by atoms with Gasteiger partial charge < -0.3 is 14.5 Å². The molecule has 0 spiro atoms. The number of carbonyl (C=O) groups excluding carboxylic acids is 1. The third-order valence-corrected chi connectivity index (χ3v) is 2.68. The van der Waals surface area contributed by atoms with Crippen LogP contribution < -0.4 is 0 Å². The van der Waals surface area contributed by atoms with Crippen molar-refractivity contribution in [1.82, 2.24) is 10.1 Å². The maximum absolute atomic E-state index is 12.4. The van der Waals surface area contributed by atoms with E-state index < -0.39 is 5.97 Å². The van der Waals surface area contributed by atoms with Crippen molar-refractivity contribution >= 4 is 11.9 Å². The molecule has 0 unspecified atom stereocenters. The maximum atomic E-state index is 12.4. The lowest BCUT2D eigenvalue weighted by Crippen LogP contribution is -2.38. The lowest BCUT2D eigenvalue weighted by Gasteiger charge is -2.22. The van der Waals surface area contributed by atoms with Crippen molar-refractivity contribution in [2.24, 2.45) is 5.92 Å². The minimum absolute atomic E-state index is 0.188. The van der Waals surface area contributed by atoms with E-state index in [4.69, 9.17) is 9.63 Å². The van der Waals surface area contributed by atoms with E-state index in [0.29, 0.717) is 30.0 Å². The van der Waals surface area contributed by atoms with Crippen LogP contribution in [0.5, 0.6) is 0 Å². The number of aromatic nitrogens is 1. The molecule has 0 aliphatic carbocycles. The number of rotatable bonds is 6.